The number of halogens is 1. The second-order valence-corrected chi connectivity index (χ2v) is 6.53. The van der Waals surface area contributed by atoms with Crippen molar-refractivity contribution in [3.05, 3.63) is 76.6 Å². The molecule has 1 aromatic heterocycles. The highest BCUT2D eigenvalue weighted by molar-refractivity contribution is 6.30. The Bertz CT molecular complexity index is 1030. The lowest BCUT2D eigenvalue weighted by Crippen LogP contribution is -2.26. The van der Waals surface area contributed by atoms with Crippen LogP contribution in [0, 0.1) is 18.3 Å². The monoisotopic (exact) mass is 395 g/mol. The number of benzene rings is 2. The summed E-state index contributed by atoms with van der Waals surface area (Å²) >= 11 is 5.92. The van der Waals surface area contributed by atoms with Crippen molar-refractivity contribution in [2.45, 2.75) is 26.6 Å². The van der Waals surface area contributed by atoms with Crippen LogP contribution in [0.25, 0.3) is 5.69 Å². The summed E-state index contributed by atoms with van der Waals surface area (Å²) in [6.07, 6.45) is -0.835. The van der Waals surface area contributed by atoms with Crippen molar-refractivity contribution >= 4 is 17.6 Å². The fourth-order valence-electron chi connectivity index (χ4n) is 2.69. The van der Waals surface area contributed by atoms with E-state index >= 15 is 0 Å². The first-order valence-corrected chi connectivity index (χ1v) is 9.00. The fourth-order valence-corrected chi connectivity index (χ4v) is 2.87. The van der Waals surface area contributed by atoms with Gasteiger partial charge >= 0.3 is 5.97 Å². The van der Waals surface area contributed by atoms with Crippen LogP contribution < -0.4 is 4.74 Å². The number of aryl methyl sites for hydroxylation is 1. The molecule has 0 saturated heterocycles. The first-order chi connectivity index (χ1) is 13.5. The lowest BCUT2D eigenvalue weighted by Gasteiger charge is -2.15. The molecule has 0 spiro atoms. The number of nitriles is 1. The molecule has 3 rings (SSSR count). The van der Waals surface area contributed by atoms with Gasteiger partial charge in [-0.05, 0) is 44.2 Å². The Hall–Kier alpha value is -3.30. The molecule has 0 radical (unpaired) electrons. The molecule has 3 aromatic rings. The smallest absolute Gasteiger partial charge is 0.347 e. The van der Waals surface area contributed by atoms with Gasteiger partial charge in [-0.15, -0.1) is 0 Å². The summed E-state index contributed by atoms with van der Waals surface area (Å²) < 4.78 is 12.6. The summed E-state index contributed by atoms with van der Waals surface area (Å²) in [5.41, 5.74) is 2.25. The Morgan fingerprint density at radius 2 is 2.00 bits per heavy atom. The Balaban J connectivity index is 1.75. The van der Waals surface area contributed by atoms with Crippen LogP contribution in [0.1, 0.15) is 23.9 Å². The SMILES string of the molecule is Cc1nn(-c2ccccc2)c(COC(=O)C(C)Oc2cccc(Cl)c2)c1C#N. The average Bonchev–Trinajstić information content (AvgIpc) is 3.02. The number of hydrogen-bond acceptors (Lipinski definition) is 5. The highest BCUT2D eigenvalue weighted by atomic mass is 35.5. The van der Waals surface area contributed by atoms with Gasteiger partial charge in [0.1, 0.15) is 24.0 Å². The summed E-state index contributed by atoms with van der Waals surface area (Å²) in [5, 5.41) is 14.4. The van der Waals surface area contributed by atoms with Gasteiger partial charge in [-0.1, -0.05) is 35.9 Å². The van der Waals surface area contributed by atoms with Gasteiger partial charge in [0.25, 0.3) is 0 Å². The molecule has 6 nitrogen and oxygen atoms in total. The largest absolute Gasteiger partial charge is 0.479 e. The molecule has 1 heterocycles. The van der Waals surface area contributed by atoms with E-state index < -0.39 is 12.1 Å². The molecule has 0 saturated carbocycles. The van der Waals surface area contributed by atoms with E-state index in [1.54, 1.807) is 42.8 Å². The first kappa shape index (κ1) is 19.5. The molecular weight excluding hydrogens is 378 g/mol. The predicted octanol–water partition coefficient (Wildman–Crippen LogP) is 4.22. The maximum Gasteiger partial charge on any atom is 0.347 e. The Morgan fingerprint density at radius 3 is 2.68 bits per heavy atom. The van der Waals surface area contributed by atoms with Crippen LogP contribution in [0.3, 0.4) is 0 Å². The molecule has 7 heteroatoms. The number of rotatable bonds is 6. The third-order valence-corrected chi connectivity index (χ3v) is 4.30. The van der Waals surface area contributed by atoms with Crippen molar-refractivity contribution in [1.82, 2.24) is 9.78 Å². The number of aromatic nitrogens is 2. The summed E-state index contributed by atoms with van der Waals surface area (Å²) in [7, 11) is 0. The number of nitrogens with zero attached hydrogens (tertiary/aromatic N) is 3. The van der Waals surface area contributed by atoms with Crippen LogP contribution in [-0.2, 0) is 16.1 Å². The van der Waals surface area contributed by atoms with Crippen LogP contribution in [-0.4, -0.2) is 21.9 Å². The van der Waals surface area contributed by atoms with Gasteiger partial charge < -0.3 is 9.47 Å². The molecule has 142 valence electrons. The topological polar surface area (TPSA) is 77.1 Å². The number of carbonyl (C=O) groups excluding carboxylic acids is 1. The maximum absolute atomic E-state index is 12.4. The Morgan fingerprint density at radius 1 is 1.25 bits per heavy atom. The van der Waals surface area contributed by atoms with E-state index in [0.717, 1.165) is 5.69 Å². The van der Waals surface area contributed by atoms with Gasteiger partial charge in [0.15, 0.2) is 6.10 Å². The van der Waals surface area contributed by atoms with Gasteiger partial charge in [0.05, 0.1) is 17.1 Å². The minimum absolute atomic E-state index is 0.0965. The van der Waals surface area contributed by atoms with Crippen molar-refractivity contribution in [3.63, 3.8) is 0 Å². The second-order valence-electron chi connectivity index (χ2n) is 6.09. The number of carbonyl (C=O) groups is 1. The molecule has 2 aromatic carbocycles. The maximum atomic E-state index is 12.4. The number of esters is 1. The van der Waals surface area contributed by atoms with Crippen molar-refractivity contribution in [2.75, 3.05) is 0 Å². The van der Waals surface area contributed by atoms with E-state index in [9.17, 15) is 10.1 Å². The molecule has 1 unspecified atom stereocenters. The quantitative estimate of drug-likeness (QED) is 0.584. The minimum Gasteiger partial charge on any atom is -0.479 e. The second kappa shape index (κ2) is 8.59. The standard InChI is InChI=1S/C21H18ClN3O3/c1-14-19(12-23)20(25(24-14)17-8-4-3-5-9-17)13-27-21(26)15(2)28-18-10-6-7-16(22)11-18/h3-11,15H,13H2,1-2H3. The molecule has 0 N–H and O–H groups in total. The lowest BCUT2D eigenvalue weighted by molar-refractivity contribution is -0.152. The van der Waals surface area contributed by atoms with Crippen LogP contribution in [0.2, 0.25) is 5.02 Å². The van der Waals surface area contributed by atoms with E-state index in [4.69, 9.17) is 21.1 Å². The molecule has 0 aliphatic rings. The van der Waals surface area contributed by atoms with E-state index in [1.165, 1.54) is 0 Å². The van der Waals surface area contributed by atoms with E-state index in [-0.39, 0.29) is 6.61 Å². The number of para-hydroxylation sites is 1. The van der Waals surface area contributed by atoms with Crippen molar-refractivity contribution in [2.24, 2.45) is 0 Å². The zero-order chi connectivity index (χ0) is 20.1. The predicted molar refractivity (Wildman–Crippen MR) is 104 cm³/mol. The van der Waals surface area contributed by atoms with Crippen molar-refractivity contribution in [1.29, 1.82) is 5.26 Å². The van der Waals surface area contributed by atoms with E-state index in [1.807, 2.05) is 30.3 Å². The molecule has 0 aliphatic carbocycles. The number of ether oxygens (including phenoxy) is 2. The highest BCUT2D eigenvalue weighted by Gasteiger charge is 2.21. The van der Waals surface area contributed by atoms with Gasteiger partial charge in [0, 0.05) is 5.02 Å². The van der Waals surface area contributed by atoms with Crippen LogP contribution in [0.15, 0.2) is 54.6 Å². The summed E-state index contributed by atoms with van der Waals surface area (Å²) in [6, 6.07) is 18.3. The van der Waals surface area contributed by atoms with Gasteiger partial charge in [-0.2, -0.15) is 10.4 Å². The highest BCUT2D eigenvalue weighted by Crippen LogP contribution is 2.21. The summed E-state index contributed by atoms with van der Waals surface area (Å²) in [5.74, 6) is -0.0813. The molecular formula is C21H18ClN3O3. The lowest BCUT2D eigenvalue weighted by atomic mass is 10.2. The third-order valence-electron chi connectivity index (χ3n) is 4.06. The fraction of sp³-hybridized carbons (Fsp3) is 0.190. The molecule has 28 heavy (non-hydrogen) atoms. The van der Waals surface area contributed by atoms with Crippen molar-refractivity contribution in [3.8, 4) is 17.5 Å². The van der Waals surface area contributed by atoms with Crippen LogP contribution in [0.5, 0.6) is 5.75 Å². The summed E-state index contributed by atoms with van der Waals surface area (Å²) in [4.78, 5) is 12.4. The van der Waals surface area contributed by atoms with E-state index in [0.29, 0.717) is 27.7 Å². The molecule has 1 atom stereocenters. The van der Waals surface area contributed by atoms with Crippen LogP contribution in [0.4, 0.5) is 0 Å². The van der Waals surface area contributed by atoms with Crippen molar-refractivity contribution < 1.29 is 14.3 Å². The molecule has 0 bridgehead atoms. The Kier molecular flexibility index (Phi) is 5.97. The zero-order valence-electron chi connectivity index (χ0n) is 15.4. The Labute approximate surface area is 167 Å². The normalized spacial score (nSPS) is 11.5. The minimum atomic E-state index is -0.835. The van der Waals surface area contributed by atoms with Crippen LogP contribution >= 0.6 is 11.6 Å². The first-order valence-electron chi connectivity index (χ1n) is 8.62. The van der Waals surface area contributed by atoms with Gasteiger partial charge in [-0.3, -0.25) is 0 Å². The van der Waals surface area contributed by atoms with E-state index in [2.05, 4.69) is 11.2 Å². The summed E-state index contributed by atoms with van der Waals surface area (Å²) in [6.45, 7) is 3.24. The van der Waals surface area contributed by atoms with Gasteiger partial charge in [-0.25, -0.2) is 9.48 Å². The molecule has 0 amide bonds. The third kappa shape index (κ3) is 4.33. The average molecular weight is 396 g/mol. The molecule has 0 fully saturated rings. The number of hydrogen-bond donors (Lipinski definition) is 0. The zero-order valence-corrected chi connectivity index (χ0v) is 16.2. The van der Waals surface area contributed by atoms with Gasteiger partial charge in [0.2, 0.25) is 0 Å². The molecule has 0 aliphatic heterocycles.